The molecule has 4 heteroatoms. The molecule has 1 fully saturated rings. The lowest BCUT2D eigenvalue weighted by molar-refractivity contribution is 0.103. The van der Waals surface area contributed by atoms with Gasteiger partial charge >= 0.3 is 0 Å². The predicted molar refractivity (Wildman–Crippen MR) is 95.5 cm³/mol. The Bertz CT molecular complexity index is 688. The fourth-order valence-corrected chi connectivity index (χ4v) is 3.60. The average molecular weight is 348 g/mol. The standard InChI is InChI=1S/C19H19Cl2NO/c20-16-10-15(11-17(21)12-16)19(23)18-7-3-2-6-14(18)13-22-8-4-1-5-9-22/h2-3,6-7,10-12H,1,4-5,8-9,13H2. The van der Waals surface area contributed by atoms with Crippen molar-refractivity contribution in [2.45, 2.75) is 25.8 Å². The summed E-state index contributed by atoms with van der Waals surface area (Å²) in [5.74, 6) is -0.0259. The molecule has 0 unspecified atom stereocenters. The summed E-state index contributed by atoms with van der Waals surface area (Å²) in [4.78, 5) is 15.3. The van der Waals surface area contributed by atoms with Crippen molar-refractivity contribution in [2.24, 2.45) is 0 Å². The smallest absolute Gasteiger partial charge is 0.193 e. The predicted octanol–water partition coefficient (Wildman–Crippen LogP) is 5.21. The number of likely N-dealkylation sites (tertiary alicyclic amines) is 1. The first kappa shape index (κ1) is 16.5. The van der Waals surface area contributed by atoms with Gasteiger partial charge in [0.15, 0.2) is 5.78 Å². The van der Waals surface area contributed by atoms with Crippen LogP contribution in [0, 0.1) is 0 Å². The van der Waals surface area contributed by atoms with Crippen molar-refractivity contribution in [3.05, 3.63) is 69.2 Å². The van der Waals surface area contributed by atoms with Crippen LogP contribution in [0.15, 0.2) is 42.5 Å². The van der Waals surface area contributed by atoms with E-state index in [2.05, 4.69) is 4.90 Å². The molecule has 120 valence electrons. The minimum Gasteiger partial charge on any atom is -0.299 e. The molecule has 1 saturated heterocycles. The van der Waals surface area contributed by atoms with E-state index in [-0.39, 0.29) is 5.78 Å². The fourth-order valence-electron chi connectivity index (χ4n) is 3.08. The number of piperidine rings is 1. The molecular weight excluding hydrogens is 329 g/mol. The highest BCUT2D eigenvalue weighted by molar-refractivity contribution is 6.35. The molecule has 1 heterocycles. The second kappa shape index (κ2) is 7.48. The van der Waals surface area contributed by atoms with Gasteiger partial charge in [0.1, 0.15) is 0 Å². The molecule has 0 amide bonds. The summed E-state index contributed by atoms with van der Waals surface area (Å²) >= 11 is 12.1. The fraction of sp³-hybridized carbons (Fsp3) is 0.316. The third-order valence-corrected chi connectivity index (χ3v) is 4.67. The molecule has 0 aromatic heterocycles. The first-order valence-corrected chi connectivity index (χ1v) is 8.70. The minimum absolute atomic E-state index is 0.0259. The highest BCUT2D eigenvalue weighted by Gasteiger charge is 2.17. The van der Waals surface area contributed by atoms with Crippen LogP contribution in [0.3, 0.4) is 0 Å². The highest BCUT2D eigenvalue weighted by Crippen LogP contribution is 2.23. The number of benzene rings is 2. The van der Waals surface area contributed by atoms with Gasteiger partial charge in [-0.05, 0) is 49.7 Å². The molecule has 0 bridgehead atoms. The maximum atomic E-state index is 12.9. The molecule has 0 radical (unpaired) electrons. The third kappa shape index (κ3) is 4.14. The number of rotatable bonds is 4. The Labute approximate surface area is 147 Å². The number of hydrogen-bond donors (Lipinski definition) is 0. The quantitative estimate of drug-likeness (QED) is 0.707. The van der Waals surface area contributed by atoms with E-state index >= 15 is 0 Å². The normalized spacial score (nSPS) is 15.6. The van der Waals surface area contributed by atoms with Crippen LogP contribution >= 0.6 is 23.2 Å². The molecular formula is C19H19Cl2NO. The average Bonchev–Trinajstić information content (AvgIpc) is 2.55. The molecule has 2 nitrogen and oxygen atoms in total. The topological polar surface area (TPSA) is 20.3 Å². The monoisotopic (exact) mass is 347 g/mol. The van der Waals surface area contributed by atoms with Gasteiger partial charge in [-0.2, -0.15) is 0 Å². The first-order valence-electron chi connectivity index (χ1n) is 7.94. The summed E-state index contributed by atoms with van der Waals surface area (Å²) in [5, 5.41) is 0.962. The lowest BCUT2D eigenvalue weighted by atomic mass is 9.97. The van der Waals surface area contributed by atoms with Gasteiger partial charge in [-0.1, -0.05) is 53.9 Å². The zero-order chi connectivity index (χ0) is 16.2. The van der Waals surface area contributed by atoms with Crippen LogP contribution in [-0.4, -0.2) is 23.8 Å². The lowest BCUT2D eigenvalue weighted by Gasteiger charge is -2.27. The summed E-state index contributed by atoms with van der Waals surface area (Å²) < 4.78 is 0. The molecule has 0 spiro atoms. The van der Waals surface area contributed by atoms with E-state index in [1.807, 2.05) is 24.3 Å². The van der Waals surface area contributed by atoms with Crippen molar-refractivity contribution in [3.63, 3.8) is 0 Å². The largest absolute Gasteiger partial charge is 0.299 e. The summed E-state index contributed by atoms with van der Waals surface area (Å²) in [6.07, 6.45) is 3.78. The van der Waals surface area contributed by atoms with E-state index in [0.717, 1.165) is 30.8 Å². The van der Waals surface area contributed by atoms with Crippen LogP contribution < -0.4 is 0 Å². The number of hydrogen-bond acceptors (Lipinski definition) is 2. The van der Waals surface area contributed by atoms with Crippen molar-refractivity contribution < 1.29 is 4.79 Å². The van der Waals surface area contributed by atoms with Gasteiger partial charge in [-0.3, -0.25) is 9.69 Å². The zero-order valence-corrected chi connectivity index (χ0v) is 14.4. The molecule has 0 atom stereocenters. The van der Waals surface area contributed by atoms with Crippen LogP contribution in [0.25, 0.3) is 0 Å². The van der Waals surface area contributed by atoms with Crippen molar-refractivity contribution in [1.82, 2.24) is 4.90 Å². The lowest BCUT2D eigenvalue weighted by Crippen LogP contribution is -2.29. The van der Waals surface area contributed by atoms with E-state index in [4.69, 9.17) is 23.2 Å². The molecule has 1 aliphatic heterocycles. The number of nitrogens with zero attached hydrogens (tertiary/aromatic N) is 1. The van der Waals surface area contributed by atoms with E-state index in [1.54, 1.807) is 18.2 Å². The number of halogens is 2. The van der Waals surface area contributed by atoms with Crippen LogP contribution in [-0.2, 0) is 6.54 Å². The molecule has 0 aliphatic carbocycles. The molecule has 23 heavy (non-hydrogen) atoms. The maximum absolute atomic E-state index is 12.9. The Morgan fingerprint density at radius 3 is 2.30 bits per heavy atom. The SMILES string of the molecule is O=C(c1cc(Cl)cc(Cl)c1)c1ccccc1CN1CCCCC1. The Kier molecular flexibility index (Phi) is 5.37. The van der Waals surface area contributed by atoms with Crippen LogP contribution in [0.4, 0.5) is 0 Å². The van der Waals surface area contributed by atoms with Crippen molar-refractivity contribution in [2.75, 3.05) is 13.1 Å². The van der Waals surface area contributed by atoms with E-state index in [9.17, 15) is 4.79 Å². The van der Waals surface area contributed by atoms with E-state index in [1.165, 1.54) is 19.3 Å². The minimum atomic E-state index is -0.0259. The second-order valence-corrected chi connectivity index (χ2v) is 6.85. The zero-order valence-electron chi connectivity index (χ0n) is 12.9. The van der Waals surface area contributed by atoms with Gasteiger partial charge < -0.3 is 0 Å². The molecule has 0 saturated carbocycles. The Hall–Kier alpha value is -1.35. The van der Waals surface area contributed by atoms with Crippen LogP contribution in [0.2, 0.25) is 10.0 Å². The summed E-state index contributed by atoms with van der Waals surface area (Å²) in [6.45, 7) is 3.02. The van der Waals surface area contributed by atoms with Gasteiger partial charge in [0.2, 0.25) is 0 Å². The highest BCUT2D eigenvalue weighted by atomic mass is 35.5. The van der Waals surface area contributed by atoms with Gasteiger partial charge in [-0.25, -0.2) is 0 Å². The number of carbonyl (C=O) groups excluding carboxylic acids is 1. The van der Waals surface area contributed by atoms with Crippen LogP contribution in [0.5, 0.6) is 0 Å². The van der Waals surface area contributed by atoms with E-state index in [0.29, 0.717) is 15.6 Å². The van der Waals surface area contributed by atoms with Crippen molar-refractivity contribution in [3.8, 4) is 0 Å². The Balaban J connectivity index is 1.88. The van der Waals surface area contributed by atoms with Crippen LogP contribution in [0.1, 0.15) is 40.7 Å². The first-order chi connectivity index (χ1) is 11.1. The Morgan fingerprint density at radius 2 is 1.61 bits per heavy atom. The molecule has 2 aromatic carbocycles. The Morgan fingerprint density at radius 1 is 0.957 bits per heavy atom. The van der Waals surface area contributed by atoms with Crippen molar-refractivity contribution in [1.29, 1.82) is 0 Å². The number of carbonyl (C=O) groups is 1. The summed E-state index contributed by atoms with van der Waals surface area (Å²) in [6, 6.07) is 12.8. The molecule has 3 rings (SSSR count). The van der Waals surface area contributed by atoms with Gasteiger partial charge in [-0.15, -0.1) is 0 Å². The van der Waals surface area contributed by atoms with E-state index < -0.39 is 0 Å². The second-order valence-electron chi connectivity index (χ2n) is 5.98. The van der Waals surface area contributed by atoms with Crippen molar-refractivity contribution >= 4 is 29.0 Å². The molecule has 0 N–H and O–H groups in total. The molecule has 1 aliphatic rings. The molecule has 2 aromatic rings. The van der Waals surface area contributed by atoms with Gasteiger partial charge in [0, 0.05) is 27.7 Å². The van der Waals surface area contributed by atoms with Gasteiger partial charge in [0.25, 0.3) is 0 Å². The third-order valence-electron chi connectivity index (χ3n) is 4.23. The van der Waals surface area contributed by atoms with Gasteiger partial charge in [0.05, 0.1) is 0 Å². The maximum Gasteiger partial charge on any atom is 0.193 e. The summed E-state index contributed by atoms with van der Waals surface area (Å²) in [7, 11) is 0. The summed E-state index contributed by atoms with van der Waals surface area (Å²) in [5.41, 5.74) is 2.33. The number of ketones is 1.